The number of H-pyrrole nitrogens is 2. The molecule has 57 heavy (non-hydrogen) atoms. The second-order valence-corrected chi connectivity index (χ2v) is 14.2. The zero-order valence-electron chi connectivity index (χ0n) is 31.9. The molecule has 2 N–H and O–H groups in total. The van der Waals surface area contributed by atoms with Crippen LogP contribution < -0.4 is 18.9 Å². The number of ether oxygens (including phenoxy) is 4. The number of aromatic amines is 2. The van der Waals surface area contributed by atoms with Crippen LogP contribution in [0.4, 0.5) is 0 Å². The monoisotopic (exact) mass is 746 g/mol. The summed E-state index contributed by atoms with van der Waals surface area (Å²) in [5.74, 6) is 3.18. The van der Waals surface area contributed by atoms with Crippen LogP contribution in [0.25, 0.3) is 90.9 Å². The lowest BCUT2D eigenvalue weighted by Gasteiger charge is -2.18. The van der Waals surface area contributed by atoms with Gasteiger partial charge in [0.15, 0.2) is 0 Å². The summed E-state index contributed by atoms with van der Waals surface area (Å²) in [6.07, 6.45) is 9.15. The van der Waals surface area contributed by atoms with Gasteiger partial charge in [0.1, 0.15) is 23.0 Å². The van der Waals surface area contributed by atoms with E-state index in [2.05, 4.69) is 101 Å². The number of hydrogen-bond acceptors (Lipinski definition) is 6. The van der Waals surface area contributed by atoms with Gasteiger partial charge in [-0.2, -0.15) is 0 Å². The van der Waals surface area contributed by atoms with E-state index in [9.17, 15) is 0 Å². The zero-order valence-corrected chi connectivity index (χ0v) is 31.9. The van der Waals surface area contributed by atoms with E-state index in [-0.39, 0.29) is 0 Å². The average molecular weight is 747 g/mol. The Kier molecular flexibility index (Phi) is 8.25. The van der Waals surface area contributed by atoms with Crippen molar-refractivity contribution < 1.29 is 18.9 Å². The number of hydrogen-bond donors (Lipinski definition) is 2. The lowest BCUT2D eigenvalue weighted by Crippen LogP contribution is -2.01. The van der Waals surface area contributed by atoms with Crippen molar-refractivity contribution in [3.05, 3.63) is 143 Å². The third-order valence-electron chi connectivity index (χ3n) is 11.0. The van der Waals surface area contributed by atoms with Gasteiger partial charge in [-0.05, 0) is 124 Å². The number of aromatic nitrogens is 4. The smallest absolute Gasteiger partial charge is 0.119 e. The zero-order chi connectivity index (χ0) is 38.6. The molecule has 3 aliphatic rings. The molecule has 5 heterocycles. The molecule has 10 rings (SSSR count). The highest BCUT2D eigenvalue weighted by atomic mass is 16.5. The Labute approximate surface area is 329 Å². The fraction of sp³-hybridized carbons (Fsp3) is 0.102. The van der Waals surface area contributed by atoms with Crippen LogP contribution in [0.5, 0.6) is 23.0 Å². The maximum absolute atomic E-state index is 5.71. The van der Waals surface area contributed by atoms with Gasteiger partial charge in [-0.1, -0.05) is 42.5 Å². The summed E-state index contributed by atoms with van der Waals surface area (Å²) < 4.78 is 22.4. The summed E-state index contributed by atoms with van der Waals surface area (Å²) in [5.41, 5.74) is 17.7. The summed E-state index contributed by atoms with van der Waals surface area (Å²) in [7, 11) is 6.76. The topological polar surface area (TPSA) is 94.3 Å². The highest BCUT2D eigenvalue weighted by Gasteiger charge is 2.25. The third-order valence-corrected chi connectivity index (χ3v) is 11.0. The summed E-state index contributed by atoms with van der Waals surface area (Å²) >= 11 is 0. The molecule has 1 aliphatic carbocycles. The maximum Gasteiger partial charge on any atom is 0.119 e. The molecule has 0 saturated heterocycles. The molecule has 0 atom stereocenters. The van der Waals surface area contributed by atoms with E-state index in [4.69, 9.17) is 28.9 Å². The molecule has 0 fully saturated rings. The Morgan fingerprint density at radius 3 is 1.40 bits per heavy atom. The number of rotatable bonds is 7. The molecule has 0 saturated carbocycles. The molecule has 8 heteroatoms. The average Bonchev–Trinajstić information content (AvgIpc) is 4.10. The molecule has 0 radical (unpaired) electrons. The minimum atomic E-state index is 0.736. The van der Waals surface area contributed by atoms with Gasteiger partial charge < -0.3 is 28.9 Å². The van der Waals surface area contributed by atoms with E-state index < -0.39 is 0 Å². The van der Waals surface area contributed by atoms with E-state index >= 15 is 0 Å². The second kappa shape index (κ2) is 13.8. The highest BCUT2D eigenvalue weighted by molar-refractivity contribution is 6.02. The third kappa shape index (κ3) is 5.85. The van der Waals surface area contributed by atoms with Crippen LogP contribution in [0.2, 0.25) is 0 Å². The predicted molar refractivity (Wildman–Crippen MR) is 230 cm³/mol. The first-order valence-corrected chi connectivity index (χ1v) is 18.8. The van der Waals surface area contributed by atoms with Gasteiger partial charge in [0.2, 0.25) is 0 Å². The predicted octanol–water partition coefficient (Wildman–Crippen LogP) is 11.3. The fourth-order valence-electron chi connectivity index (χ4n) is 8.25. The molecule has 8 nitrogen and oxygen atoms in total. The van der Waals surface area contributed by atoms with Crippen molar-refractivity contribution in [3.63, 3.8) is 0 Å². The van der Waals surface area contributed by atoms with Crippen molar-refractivity contribution in [2.75, 3.05) is 28.4 Å². The molecule has 0 unspecified atom stereocenters. The largest absolute Gasteiger partial charge is 0.497 e. The normalized spacial score (nSPS) is 12.4. The summed E-state index contributed by atoms with van der Waals surface area (Å²) in [6.45, 7) is 0. The minimum absolute atomic E-state index is 0.736. The number of nitrogens with one attached hydrogen (secondary N) is 2. The number of fused-ring (bicyclic) bond motifs is 10. The highest BCUT2D eigenvalue weighted by Crippen LogP contribution is 2.44. The van der Waals surface area contributed by atoms with Crippen LogP contribution in [0.15, 0.2) is 109 Å². The second-order valence-electron chi connectivity index (χ2n) is 14.2. The number of methoxy groups -OCH3 is 4. The molecule has 278 valence electrons. The van der Waals surface area contributed by atoms with Gasteiger partial charge in [-0.15, -0.1) is 0 Å². The molecular weight excluding hydrogens is 709 g/mol. The molecule has 2 aliphatic heterocycles. The maximum atomic E-state index is 5.71. The molecule has 0 amide bonds. The fourth-order valence-corrected chi connectivity index (χ4v) is 8.25. The van der Waals surface area contributed by atoms with Crippen molar-refractivity contribution >= 4 is 46.4 Å². The Balaban J connectivity index is 1.37. The molecule has 3 aromatic heterocycles. The van der Waals surface area contributed by atoms with Gasteiger partial charge >= 0.3 is 0 Å². The Morgan fingerprint density at radius 1 is 0.404 bits per heavy atom. The van der Waals surface area contributed by atoms with Gasteiger partial charge in [-0.3, -0.25) is 0 Å². The lowest BCUT2D eigenvalue weighted by atomic mass is 9.88. The van der Waals surface area contributed by atoms with Crippen LogP contribution in [0, 0.1) is 0 Å². The van der Waals surface area contributed by atoms with Gasteiger partial charge in [-0.25, -0.2) is 9.97 Å². The molecule has 7 aromatic rings. The van der Waals surface area contributed by atoms with Crippen molar-refractivity contribution in [1.82, 2.24) is 19.9 Å². The molecular formula is C49H38N4O4. The Morgan fingerprint density at radius 2 is 0.860 bits per heavy atom. The van der Waals surface area contributed by atoms with Crippen molar-refractivity contribution in [2.45, 2.75) is 6.42 Å². The quantitative estimate of drug-likeness (QED) is 0.169. The van der Waals surface area contributed by atoms with Gasteiger partial charge in [0, 0.05) is 45.2 Å². The van der Waals surface area contributed by atoms with Gasteiger partial charge in [0.25, 0.3) is 0 Å². The van der Waals surface area contributed by atoms with E-state index in [0.29, 0.717) is 0 Å². The van der Waals surface area contributed by atoms with Crippen molar-refractivity contribution in [3.8, 4) is 67.5 Å². The Bertz CT molecular complexity index is 2950. The van der Waals surface area contributed by atoms with Crippen LogP contribution >= 0.6 is 0 Å². The van der Waals surface area contributed by atoms with E-state index in [0.717, 1.165) is 119 Å². The van der Waals surface area contributed by atoms with Crippen molar-refractivity contribution in [1.29, 1.82) is 0 Å². The first-order chi connectivity index (χ1) is 28.0. The van der Waals surface area contributed by atoms with Crippen LogP contribution in [-0.2, 0) is 6.42 Å². The summed E-state index contributed by atoms with van der Waals surface area (Å²) in [6, 6.07) is 37.4. The molecule has 4 aromatic carbocycles. The first-order valence-electron chi connectivity index (χ1n) is 18.8. The van der Waals surface area contributed by atoms with E-state index in [1.54, 1.807) is 28.4 Å². The molecule has 8 bridgehead atoms. The lowest BCUT2D eigenvalue weighted by molar-refractivity contribution is 0.414. The van der Waals surface area contributed by atoms with Crippen LogP contribution in [0.1, 0.15) is 33.9 Å². The number of benzene rings is 4. The minimum Gasteiger partial charge on any atom is -0.497 e. The van der Waals surface area contributed by atoms with Crippen molar-refractivity contribution in [2.24, 2.45) is 0 Å². The summed E-state index contributed by atoms with van der Waals surface area (Å²) in [4.78, 5) is 18.6. The van der Waals surface area contributed by atoms with E-state index in [1.807, 2.05) is 42.5 Å². The van der Waals surface area contributed by atoms with Crippen LogP contribution in [-0.4, -0.2) is 48.4 Å². The summed E-state index contributed by atoms with van der Waals surface area (Å²) in [5, 5.41) is 0. The van der Waals surface area contributed by atoms with Crippen LogP contribution in [0.3, 0.4) is 0 Å². The van der Waals surface area contributed by atoms with E-state index in [1.165, 1.54) is 11.1 Å². The first kappa shape index (κ1) is 34.2. The van der Waals surface area contributed by atoms with Gasteiger partial charge in [0.05, 0.1) is 56.7 Å². The molecule has 0 spiro atoms. The standard InChI is InChI=1S/C49H38N4O4/c1-54-33-11-5-28(6-12-33)45-38-19-20-39(50-38)46(29-7-13-34(55-2)14-8-29)41-23-24-43(52-41)48-37-18-17-36(57-4)26-31(37)25-32-27-44(53-49(32)48)47(42-22-21-40(45)51-42)30-9-15-35(56-3)16-10-30/h5-24,26-27,51,53H,25H2,1-4H3. The number of nitrogens with zero attached hydrogens (tertiary/aromatic N) is 2. The SMILES string of the molecule is COc1ccc(-c2c3nc(c(-c4ccc(OC)cc4)c4ccc([nH]4)c(-c4ccc(OC)cc4)c4cc5c([nH]4)c(c4nc2C=C4)-c2ccc(OC)cc2C5)C=C3)cc1. The Hall–Kier alpha value is -7.32.